The normalized spacial score (nSPS) is 30.4. The second-order valence-electron chi connectivity index (χ2n) is 4.41. The lowest BCUT2D eigenvalue weighted by Gasteiger charge is -2.14. The van der Waals surface area contributed by atoms with Crippen LogP contribution in [0.2, 0.25) is 0 Å². The first-order valence-electron chi connectivity index (χ1n) is 4.64. The third-order valence-electron chi connectivity index (χ3n) is 2.37. The Morgan fingerprint density at radius 3 is 2.33 bits per heavy atom. The third-order valence-corrected chi connectivity index (χ3v) is 2.37. The summed E-state index contributed by atoms with van der Waals surface area (Å²) >= 11 is 0. The minimum atomic E-state index is -0.422. The summed E-state index contributed by atoms with van der Waals surface area (Å²) in [6.45, 7) is 8.77. The number of ketones is 1. The molecule has 0 unspecified atom stereocenters. The van der Waals surface area contributed by atoms with E-state index in [1.165, 1.54) is 0 Å². The van der Waals surface area contributed by atoms with E-state index in [1.807, 2.05) is 13.8 Å². The Bertz CT molecular complexity index is 180. The molecule has 0 aromatic heterocycles. The average Bonchev–Trinajstić information content (AvgIpc) is 2.66. The van der Waals surface area contributed by atoms with Crippen LogP contribution in [0.4, 0.5) is 0 Å². The van der Waals surface area contributed by atoms with E-state index < -0.39 is 5.60 Å². The van der Waals surface area contributed by atoms with Crippen LogP contribution in [0.15, 0.2) is 0 Å². The number of carbonyl (C=O) groups is 1. The molecule has 70 valence electrons. The largest absolute Gasteiger partial charge is 0.362 e. The molecule has 0 aromatic carbocycles. The standard InChI is InChI=1S/C10H18O2/c1-7(2)5-8(3)9(11)10(4)6-12-10/h7-8H,5-6H2,1-4H3/t8-,10+/m0/s1. The first kappa shape index (κ1) is 9.72. The van der Waals surface area contributed by atoms with Crippen molar-refractivity contribution in [3.63, 3.8) is 0 Å². The molecule has 1 heterocycles. The Morgan fingerprint density at radius 1 is 1.50 bits per heavy atom. The van der Waals surface area contributed by atoms with Gasteiger partial charge in [0.1, 0.15) is 5.60 Å². The van der Waals surface area contributed by atoms with Crippen LogP contribution in [-0.4, -0.2) is 18.0 Å². The summed E-state index contributed by atoms with van der Waals surface area (Å²) in [7, 11) is 0. The molecule has 0 N–H and O–H groups in total. The Morgan fingerprint density at radius 2 is 2.00 bits per heavy atom. The van der Waals surface area contributed by atoms with E-state index >= 15 is 0 Å². The van der Waals surface area contributed by atoms with E-state index in [0.717, 1.165) is 6.42 Å². The zero-order chi connectivity index (χ0) is 9.35. The summed E-state index contributed by atoms with van der Waals surface area (Å²) in [6, 6.07) is 0. The summed E-state index contributed by atoms with van der Waals surface area (Å²) in [5, 5.41) is 0. The van der Waals surface area contributed by atoms with Gasteiger partial charge in [-0.1, -0.05) is 20.8 Å². The minimum Gasteiger partial charge on any atom is -0.362 e. The molecule has 2 atom stereocenters. The van der Waals surface area contributed by atoms with Crippen molar-refractivity contribution in [3.8, 4) is 0 Å². The summed E-state index contributed by atoms with van der Waals surface area (Å²) in [4.78, 5) is 11.6. The molecule has 0 saturated carbocycles. The first-order chi connectivity index (χ1) is 5.46. The fourth-order valence-corrected chi connectivity index (χ4v) is 1.59. The summed E-state index contributed by atoms with van der Waals surface area (Å²) < 4.78 is 5.11. The zero-order valence-corrected chi connectivity index (χ0v) is 8.39. The maximum absolute atomic E-state index is 11.6. The molecule has 1 rings (SSSR count). The molecule has 1 saturated heterocycles. The van der Waals surface area contributed by atoms with Gasteiger partial charge >= 0.3 is 0 Å². The molecule has 0 bridgehead atoms. The molecule has 0 radical (unpaired) electrons. The van der Waals surface area contributed by atoms with E-state index in [0.29, 0.717) is 12.5 Å². The molecule has 2 nitrogen and oxygen atoms in total. The van der Waals surface area contributed by atoms with E-state index in [1.54, 1.807) is 0 Å². The van der Waals surface area contributed by atoms with Gasteiger partial charge in [-0.25, -0.2) is 0 Å². The fourth-order valence-electron chi connectivity index (χ4n) is 1.59. The van der Waals surface area contributed by atoms with Crippen molar-refractivity contribution < 1.29 is 9.53 Å². The molecule has 12 heavy (non-hydrogen) atoms. The van der Waals surface area contributed by atoms with Crippen LogP contribution in [0.5, 0.6) is 0 Å². The maximum atomic E-state index is 11.6. The second kappa shape index (κ2) is 3.17. The highest BCUT2D eigenvalue weighted by atomic mass is 16.6. The predicted octanol–water partition coefficient (Wildman–Crippen LogP) is 2.03. The van der Waals surface area contributed by atoms with Crippen LogP contribution >= 0.6 is 0 Å². The highest BCUT2D eigenvalue weighted by Crippen LogP contribution is 2.31. The number of ether oxygens (including phenoxy) is 1. The molecule has 0 spiro atoms. The lowest BCUT2D eigenvalue weighted by molar-refractivity contribution is -0.127. The van der Waals surface area contributed by atoms with Gasteiger partial charge in [0.15, 0.2) is 5.78 Å². The van der Waals surface area contributed by atoms with Crippen molar-refractivity contribution in [3.05, 3.63) is 0 Å². The highest BCUT2D eigenvalue weighted by Gasteiger charge is 2.48. The number of epoxide rings is 1. The average molecular weight is 170 g/mol. The molecule has 2 heteroatoms. The fraction of sp³-hybridized carbons (Fsp3) is 0.900. The van der Waals surface area contributed by atoms with Crippen LogP contribution in [0, 0.1) is 11.8 Å². The molecular weight excluding hydrogens is 152 g/mol. The topological polar surface area (TPSA) is 29.6 Å². The van der Waals surface area contributed by atoms with Gasteiger partial charge < -0.3 is 4.74 Å². The first-order valence-corrected chi connectivity index (χ1v) is 4.64. The summed E-state index contributed by atoms with van der Waals surface area (Å²) in [5.74, 6) is 1.01. The molecular formula is C10H18O2. The highest BCUT2D eigenvalue weighted by molar-refractivity contribution is 5.90. The number of Topliss-reactive ketones (excluding diaryl/α,β-unsaturated/α-hetero) is 1. The van der Waals surface area contributed by atoms with Crippen molar-refractivity contribution in [2.24, 2.45) is 11.8 Å². The second-order valence-corrected chi connectivity index (χ2v) is 4.41. The predicted molar refractivity (Wildman–Crippen MR) is 48.0 cm³/mol. The van der Waals surface area contributed by atoms with Crippen molar-refractivity contribution in [1.82, 2.24) is 0 Å². The van der Waals surface area contributed by atoms with Crippen molar-refractivity contribution >= 4 is 5.78 Å². The minimum absolute atomic E-state index is 0.150. The van der Waals surface area contributed by atoms with Crippen LogP contribution in [0.3, 0.4) is 0 Å². The number of rotatable bonds is 4. The van der Waals surface area contributed by atoms with Gasteiger partial charge in [-0.15, -0.1) is 0 Å². The van der Waals surface area contributed by atoms with E-state index in [4.69, 9.17) is 4.74 Å². The molecule has 1 aliphatic rings. The molecule has 0 aromatic rings. The van der Waals surface area contributed by atoms with Crippen LogP contribution < -0.4 is 0 Å². The van der Waals surface area contributed by atoms with Gasteiger partial charge in [0.2, 0.25) is 0 Å². The molecule has 1 fully saturated rings. The molecule has 0 amide bonds. The third kappa shape index (κ3) is 2.07. The smallest absolute Gasteiger partial charge is 0.169 e. The monoisotopic (exact) mass is 170 g/mol. The van der Waals surface area contributed by atoms with Crippen molar-refractivity contribution in [1.29, 1.82) is 0 Å². The number of hydrogen-bond donors (Lipinski definition) is 0. The molecule has 1 aliphatic heterocycles. The Hall–Kier alpha value is -0.370. The van der Waals surface area contributed by atoms with E-state index in [-0.39, 0.29) is 11.7 Å². The van der Waals surface area contributed by atoms with Gasteiger partial charge in [-0.3, -0.25) is 4.79 Å². The van der Waals surface area contributed by atoms with Crippen LogP contribution in [0.1, 0.15) is 34.1 Å². The van der Waals surface area contributed by atoms with Gasteiger partial charge in [0.05, 0.1) is 6.61 Å². The SMILES string of the molecule is CC(C)C[C@H](C)C(=O)[C@@]1(C)CO1. The summed E-state index contributed by atoms with van der Waals surface area (Å²) in [5.41, 5.74) is -0.422. The Labute approximate surface area is 74.3 Å². The summed E-state index contributed by atoms with van der Waals surface area (Å²) in [6.07, 6.45) is 0.970. The molecule has 0 aliphatic carbocycles. The Balaban J connectivity index is 2.42. The van der Waals surface area contributed by atoms with Crippen molar-refractivity contribution in [2.75, 3.05) is 6.61 Å². The number of carbonyl (C=O) groups excluding carboxylic acids is 1. The Kier molecular flexibility index (Phi) is 2.57. The van der Waals surface area contributed by atoms with Crippen LogP contribution in [-0.2, 0) is 9.53 Å². The zero-order valence-electron chi connectivity index (χ0n) is 8.39. The van der Waals surface area contributed by atoms with Crippen molar-refractivity contribution in [2.45, 2.75) is 39.7 Å². The lowest BCUT2D eigenvalue weighted by Crippen LogP contribution is -2.27. The number of hydrogen-bond acceptors (Lipinski definition) is 2. The van der Waals surface area contributed by atoms with Crippen LogP contribution in [0.25, 0.3) is 0 Å². The van der Waals surface area contributed by atoms with E-state index in [9.17, 15) is 4.79 Å². The van der Waals surface area contributed by atoms with Gasteiger partial charge in [-0.2, -0.15) is 0 Å². The van der Waals surface area contributed by atoms with E-state index in [2.05, 4.69) is 13.8 Å². The van der Waals surface area contributed by atoms with Gasteiger partial charge in [-0.05, 0) is 19.3 Å². The quantitative estimate of drug-likeness (QED) is 0.604. The van der Waals surface area contributed by atoms with Gasteiger partial charge in [0.25, 0.3) is 0 Å². The maximum Gasteiger partial charge on any atom is 0.169 e. The lowest BCUT2D eigenvalue weighted by atomic mass is 9.89. The van der Waals surface area contributed by atoms with Gasteiger partial charge in [0, 0.05) is 5.92 Å².